The summed E-state index contributed by atoms with van der Waals surface area (Å²) in [6, 6.07) is 1.82. The Labute approximate surface area is 119 Å². The SMILES string of the molecule is CNCc1cc(S(=O)(=O)NC2CCSCC2)cn1C. The number of thioether (sulfide) groups is 1. The lowest BCUT2D eigenvalue weighted by molar-refractivity contribution is 0.529. The van der Waals surface area contributed by atoms with Crippen LogP contribution in [0.3, 0.4) is 0 Å². The first-order valence-corrected chi connectivity index (χ1v) is 9.06. The largest absolute Gasteiger partial charge is 0.352 e. The van der Waals surface area contributed by atoms with Gasteiger partial charge in [0.1, 0.15) is 0 Å². The van der Waals surface area contributed by atoms with E-state index in [1.165, 1.54) is 0 Å². The Morgan fingerprint density at radius 1 is 1.42 bits per heavy atom. The van der Waals surface area contributed by atoms with Crippen LogP contribution < -0.4 is 10.0 Å². The highest BCUT2D eigenvalue weighted by atomic mass is 32.2. The van der Waals surface area contributed by atoms with Crippen LogP contribution in [0.5, 0.6) is 0 Å². The number of hydrogen-bond donors (Lipinski definition) is 2. The molecule has 0 atom stereocenters. The van der Waals surface area contributed by atoms with Gasteiger partial charge in [-0.05, 0) is 37.5 Å². The topological polar surface area (TPSA) is 63.1 Å². The Morgan fingerprint density at radius 3 is 2.74 bits per heavy atom. The van der Waals surface area contributed by atoms with Crippen LogP contribution in [0.4, 0.5) is 0 Å². The summed E-state index contributed by atoms with van der Waals surface area (Å²) in [6.07, 6.45) is 3.51. The van der Waals surface area contributed by atoms with Gasteiger partial charge in [0.2, 0.25) is 10.0 Å². The lowest BCUT2D eigenvalue weighted by Crippen LogP contribution is -2.37. The van der Waals surface area contributed by atoms with Gasteiger partial charge in [-0.25, -0.2) is 13.1 Å². The number of aryl methyl sites for hydroxylation is 1. The molecule has 1 fully saturated rings. The Bertz CT molecular complexity index is 519. The van der Waals surface area contributed by atoms with Gasteiger partial charge >= 0.3 is 0 Å². The summed E-state index contributed by atoms with van der Waals surface area (Å²) in [7, 11) is 0.323. The van der Waals surface area contributed by atoms with Crippen LogP contribution in [0.25, 0.3) is 0 Å². The lowest BCUT2D eigenvalue weighted by atomic mass is 10.2. The minimum absolute atomic E-state index is 0.0826. The molecule has 0 saturated carbocycles. The molecule has 0 aliphatic carbocycles. The number of hydrogen-bond acceptors (Lipinski definition) is 4. The number of nitrogens with one attached hydrogen (secondary N) is 2. The molecule has 108 valence electrons. The molecule has 1 aliphatic heterocycles. The van der Waals surface area contributed by atoms with Crippen molar-refractivity contribution in [2.45, 2.75) is 30.3 Å². The molecule has 7 heteroatoms. The zero-order valence-electron chi connectivity index (χ0n) is 11.3. The van der Waals surface area contributed by atoms with Crippen molar-refractivity contribution in [2.75, 3.05) is 18.6 Å². The van der Waals surface area contributed by atoms with Crippen molar-refractivity contribution in [3.05, 3.63) is 18.0 Å². The van der Waals surface area contributed by atoms with Crippen molar-refractivity contribution in [2.24, 2.45) is 7.05 Å². The van der Waals surface area contributed by atoms with Crippen molar-refractivity contribution in [3.8, 4) is 0 Å². The zero-order chi connectivity index (χ0) is 13.9. The molecular formula is C12H21N3O2S2. The van der Waals surface area contributed by atoms with Gasteiger partial charge < -0.3 is 9.88 Å². The molecule has 0 spiro atoms. The van der Waals surface area contributed by atoms with E-state index < -0.39 is 10.0 Å². The first-order chi connectivity index (χ1) is 9.03. The van der Waals surface area contributed by atoms with Crippen LogP contribution >= 0.6 is 11.8 Å². The summed E-state index contributed by atoms with van der Waals surface area (Å²) < 4.78 is 29.3. The molecule has 0 aromatic carbocycles. The third-order valence-corrected chi connectivity index (χ3v) is 5.83. The second-order valence-electron chi connectivity index (χ2n) is 4.82. The van der Waals surface area contributed by atoms with Crippen LogP contribution in [-0.2, 0) is 23.6 Å². The first-order valence-electron chi connectivity index (χ1n) is 6.43. The number of rotatable bonds is 5. The Morgan fingerprint density at radius 2 is 2.11 bits per heavy atom. The van der Waals surface area contributed by atoms with Crippen LogP contribution in [-0.4, -0.2) is 37.6 Å². The molecule has 2 rings (SSSR count). The van der Waals surface area contributed by atoms with Crippen LogP contribution in [0.15, 0.2) is 17.2 Å². The minimum atomic E-state index is -3.39. The lowest BCUT2D eigenvalue weighted by Gasteiger charge is -2.21. The third kappa shape index (κ3) is 3.75. The highest BCUT2D eigenvalue weighted by Crippen LogP contribution is 2.20. The summed E-state index contributed by atoms with van der Waals surface area (Å²) in [5.74, 6) is 2.07. The van der Waals surface area contributed by atoms with Gasteiger partial charge in [0.05, 0.1) is 4.90 Å². The van der Waals surface area contributed by atoms with Crippen molar-refractivity contribution >= 4 is 21.8 Å². The van der Waals surface area contributed by atoms with Crippen LogP contribution in [0.1, 0.15) is 18.5 Å². The van der Waals surface area contributed by atoms with Crippen molar-refractivity contribution < 1.29 is 8.42 Å². The fourth-order valence-electron chi connectivity index (χ4n) is 2.18. The molecule has 1 aliphatic rings. The van der Waals surface area contributed by atoms with E-state index in [0.717, 1.165) is 30.0 Å². The molecular weight excluding hydrogens is 282 g/mol. The third-order valence-electron chi connectivity index (χ3n) is 3.29. The average Bonchev–Trinajstić information content (AvgIpc) is 2.73. The quantitative estimate of drug-likeness (QED) is 0.849. The first kappa shape index (κ1) is 14.9. The standard InChI is InChI=1S/C12H21N3O2S2/c1-13-8-11-7-12(9-15(11)2)19(16,17)14-10-3-5-18-6-4-10/h7,9-10,13-14H,3-6,8H2,1-2H3. The molecule has 0 radical (unpaired) electrons. The Kier molecular flexibility index (Phi) is 4.94. The smallest absolute Gasteiger partial charge is 0.242 e. The fraction of sp³-hybridized carbons (Fsp3) is 0.667. The van der Waals surface area contributed by atoms with E-state index in [1.807, 2.05) is 30.4 Å². The molecule has 1 saturated heterocycles. The van der Waals surface area contributed by atoms with E-state index in [9.17, 15) is 8.42 Å². The summed E-state index contributed by atoms with van der Waals surface area (Å²) in [5.41, 5.74) is 0.960. The summed E-state index contributed by atoms with van der Waals surface area (Å²) in [5, 5.41) is 3.03. The van der Waals surface area contributed by atoms with Gasteiger partial charge in [0, 0.05) is 31.5 Å². The molecule has 19 heavy (non-hydrogen) atoms. The van der Waals surface area contributed by atoms with E-state index in [2.05, 4.69) is 10.0 Å². The maximum atomic E-state index is 12.3. The van der Waals surface area contributed by atoms with Gasteiger partial charge in [0.25, 0.3) is 0 Å². The van der Waals surface area contributed by atoms with E-state index in [1.54, 1.807) is 12.3 Å². The molecule has 1 aromatic rings. The molecule has 0 amide bonds. The van der Waals surface area contributed by atoms with Crippen LogP contribution in [0.2, 0.25) is 0 Å². The molecule has 5 nitrogen and oxygen atoms in total. The summed E-state index contributed by atoms with van der Waals surface area (Å²) in [6.45, 7) is 0.659. The van der Waals surface area contributed by atoms with Gasteiger partial charge in [-0.2, -0.15) is 11.8 Å². The Balaban J connectivity index is 2.12. The van der Waals surface area contributed by atoms with Crippen molar-refractivity contribution in [3.63, 3.8) is 0 Å². The predicted octanol–water partition coefficient (Wildman–Crippen LogP) is 0.918. The molecule has 0 unspecified atom stereocenters. The molecule has 2 N–H and O–H groups in total. The van der Waals surface area contributed by atoms with E-state index in [4.69, 9.17) is 0 Å². The number of sulfonamides is 1. The van der Waals surface area contributed by atoms with Crippen LogP contribution in [0, 0.1) is 0 Å². The molecule has 0 bridgehead atoms. The Hall–Kier alpha value is -0.500. The average molecular weight is 303 g/mol. The minimum Gasteiger partial charge on any atom is -0.352 e. The normalized spacial score (nSPS) is 17.8. The van der Waals surface area contributed by atoms with Gasteiger partial charge in [-0.3, -0.25) is 0 Å². The van der Waals surface area contributed by atoms with Crippen molar-refractivity contribution in [1.29, 1.82) is 0 Å². The summed E-state index contributed by atoms with van der Waals surface area (Å²) in [4.78, 5) is 0.360. The number of aromatic nitrogens is 1. The zero-order valence-corrected chi connectivity index (χ0v) is 13.0. The summed E-state index contributed by atoms with van der Waals surface area (Å²) >= 11 is 1.89. The van der Waals surface area contributed by atoms with Gasteiger partial charge in [-0.15, -0.1) is 0 Å². The molecule has 2 heterocycles. The highest BCUT2D eigenvalue weighted by Gasteiger charge is 2.23. The van der Waals surface area contributed by atoms with E-state index >= 15 is 0 Å². The second kappa shape index (κ2) is 6.30. The fourth-order valence-corrected chi connectivity index (χ4v) is 4.69. The van der Waals surface area contributed by atoms with Crippen molar-refractivity contribution in [1.82, 2.24) is 14.6 Å². The van der Waals surface area contributed by atoms with E-state index in [-0.39, 0.29) is 6.04 Å². The second-order valence-corrected chi connectivity index (χ2v) is 7.76. The monoisotopic (exact) mass is 303 g/mol. The maximum Gasteiger partial charge on any atom is 0.242 e. The number of nitrogens with zero attached hydrogens (tertiary/aromatic N) is 1. The van der Waals surface area contributed by atoms with Gasteiger partial charge in [0.15, 0.2) is 0 Å². The van der Waals surface area contributed by atoms with Gasteiger partial charge in [-0.1, -0.05) is 0 Å². The maximum absolute atomic E-state index is 12.3. The predicted molar refractivity (Wildman–Crippen MR) is 78.8 cm³/mol. The van der Waals surface area contributed by atoms with E-state index in [0.29, 0.717) is 11.4 Å². The highest BCUT2D eigenvalue weighted by molar-refractivity contribution is 7.99. The molecule has 1 aromatic heterocycles.